The van der Waals surface area contributed by atoms with Gasteiger partial charge in [0.15, 0.2) is 0 Å². The van der Waals surface area contributed by atoms with E-state index < -0.39 is 0 Å². The fourth-order valence-electron chi connectivity index (χ4n) is 0. The lowest BCUT2D eigenvalue weighted by atomic mass is 11.0. The molecule has 2 nitrogen and oxygen atoms in total. The lowest BCUT2D eigenvalue weighted by Crippen LogP contribution is -1.74. The summed E-state index contributed by atoms with van der Waals surface area (Å²) < 4.78 is 0. The molecule has 0 aromatic rings. The Morgan fingerprint density at radius 1 is 1.08 bits per heavy atom. The molecular formula is C10H30N2S. The molecule has 0 aromatic carbocycles. The number of nitrogens with two attached hydrogens (primary N) is 2. The van der Waals surface area contributed by atoms with Crippen LogP contribution in [0.25, 0.3) is 0 Å². The second-order valence-corrected chi connectivity index (χ2v) is 1.60. The van der Waals surface area contributed by atoms with Crippen molar-refractivity contribution in [2.24, 2.45) is 10.9 Å². The summed E-state index contributed by atoms with van der Waals surface area (Å²) >= 11 is 1.36. The second-order valence-electron chi connectivity index (χ2n) is 0.691. The van der Waals surface area contributed by atoms with E-state index in [1.807, 2.05) is 48.5 Å². The molecule has 4 N–H and O–H groups in total. The average Bonchev–Trinajstić information content (AvgIpc) is 2.27. The fraction of sp³-hybridized carbons (Fsp3) is 0.800. The van der Waals surface area contributed by atoms with Crippen LogP contribution < -0.4 is 10.9 Å². The molecule has 0 heterocycles. The van der Waals surface area contributed by atoms with E-state index in [1.165, 1.54) is 18.1 Å². The monoisotopic (exact) mass is 210 g/mol. The molecule has 0 amide bonds. The van der Waals surface area contributed by atoms with Crippen LogP contribution in [0, 0.1) is 0 Å². The zero-order chi connectivity index (χ0) is 12.1. The molecule has 0 aliphatic rings. The van der Waals surface area contributed by atoms with E-state index in [0.29, 0.717) is 0 Å². The molecule has 86 valence electrons. The quantitative estimate of drug-likeness (QED) is 0.648. The van der Waals surface area contributed by atoms with E-state index in [4.69, 9.17) is 5.14 Å². The Morgan fingerprint density at radius 3 is 1.15 bits per heavy atom. The molecule has 0 aromatic heterocycles. The Kier molecular flexibility index (Phi) is 387. The van der Waals surface area contributed by atoms with Crippen molar-refractivity contribution < 1.29 is 0 Å². The third-order valence-corrected chi connectivity index (χ3v) is 0.500. The van der Waals surface area contributed by atoms with Crippen LogP contribution in [0.3, 0.4) is 0 Å². The van der Waals surface area contributed by atoms with E-state index in [0.717, 1.165) is 5.75 Å². The van der Waals surface area contributed by atoms with Crippen LogP contribution in [-0.2, 0) is 0 Å². The highest BCUT2D eigenvalue weighted by Gasteiger charge is 1.55. The maximum Gasteiger partial charge on any atom is 0.00480 e. The van der Waals surface area contributed by atoms with Gasteiger partial charge in [-0.3, -0.25) is 5.14 Å². The van der Waals surface area contributed by atoms with Crippen LogP contribution in [0.1, 0.15) is 48.5 Å². The molecule has 0 aliphatic heterocycles. The molecule has 0 saturated heterocycles. The van der Waals surface area contributed by atoms with Gasteiger partial charge in [0.25, 0.3) is 0 Å². The number of hydrogen-bond acceptors (Lipinski definition) is 3. The number of hydrogen-bond donors (Lipinski definition) is 2. The Hall–Kier alpha value is -0.150. The van der Waals surface area contributed by atoms with Gasteiger partial charge in [-0.15, -0.1) is 0 Å². The summed E-state index contributed by atoms with van der Waals surface area (Å²) in [6.07, 6.45) is 1.25. The number of rotatable bonds is 1. The van der Waals surface area contributed by atoms with E-state index in [1.54, 1.807) is 0 Å². The van der Waals surface area contributed by atoms with Crippen LogP contribution in [0.15, 0.2) is 12.8 Å². The molecule has 0 saturated carbocycles. The van der Waals surface area contributed by atoms with Crippen molar-refractivity contribution in [1.82, 2.24) is 0 Å². The Bertz CT molecular complexity index is 32.1. The summed E-state index contributed by atoms with van der Waals surface area (Å²) in [5.41, 5.74) is 4.61. The highest BCUT2D eigenvalue weighted by molar-refractivity contribution is 7.97. The van der Waals surface area contributed by atoms with Crippen LogP contribution in [0.5, 0.6) is 0 Å². The molecule has 0 unspecified atom stereocenters. The summed E-state index contributed by atoms with van der Waals surface area (Å²) in [5, 5.41) is 4.94. The van der Waals surface area contributed by atoms with Gasteiger partial charge in [0, 0.05) is 5.75 Å². The Morgan fingerprint density at radius 2 is 1.15 bits per heavy atom. The van der Waals surface area contributed by atoms with Gasteiger partial charge < -0.3 is 5.73 Å². The van der Waals surface area contributed by atoms with E-state index >= 15 is 0 Å². The minimum absolute atomic E-state index is 1.01. The van der Waals surface area contributed by atoms with Crippen LogP contribution in [0.2, 0.25) is 0 Å². The SMILES string of the molecule is C=CN.CC.CC.CC.CCSN. The standard InChI is InChI=1S/C2H7NS.C2H5N.3C2H6/c1-2-4-3;1-2-3;3*1-2/h2-3H2,1H3;2H,1,3H2;3*1-2H3. The summed E-state index contributed by atoms with van der Waals surface area (Å²) in [6.45, 7) is 17.2. The molecule has 0 spiro atoms. The van der Waals surface area contributed by atoms with Gasteiger partial charge in [0.1, 0.15) is 0 Å². The molecule has 13 heavy (non-hydrogen) atoms. The third kappa shape index (κ3) is 1590. The van der Waals surface area contributed by atoms with Crippen LogP contribution >= 0.6 is 11.9 Å². The second kappa shape index (κ2) is 172. The first kappa shape index (κ1) is 29.3. The largest absolute Gasteiger partial charge is 0.405 e. The summed E-state index contributed by atoms with van der Waals surface area (Å²) in [4.78, 5) is 0. The van der Waals surface area contributed by atoms with E-state index in [9.17, 15) is 0 Å². The van der Waals surface area contributed by atoms with E-state index in [-0.39, 0.29) is 0 Å². The molecule has 3 heteroatoms. The van der Waals surface area contributed by atoms with Crippen molar-refractivity contribution in [2.45, 2.75) is 48.5 Å². The topological polar surface area (TPSA) is 52.0 Å². The normalized spacial score (nSPS) is 4.62. The highest BCUT2D eigenvalue weighted by atomic mass is 32.2. The summed E-state index contributed by atoms with van der Waals surface area (Å²) in [6, 6.07) is 0. The zero-order valence-electron chi connectivity index (χ0n) is 10.6. The Labute approximate surface area is 90.3 Å². The lowest BCUT2D eigenvalue weighted by molar-refractivity contribution is 1.50. The highest BCUT2D eigenvalue weighted by Crippen LogP contribution is 1.76. The molecule has 0 bridgehead atoms. The molecular weight excluding hydrogens is 180 g/mol. The van der Waals surface area contributed by atoms with Crippen LogP contribution in [0.4, 0.5) is 0 Å². The van der Waals surface area contributed by atoms with Gasteiger partial charge in [-0.05, 0) is 6.20 Å². The first-order valence-corrected chi connectivity index (χ1v) is 6.02. The van der Waals surface area contributed by atoms with Crippen molar-refractivity contribution in [3.63, 3.8) is 0 Å². The van der Waals surface area contributed by atoms with Gasteiger partial charge in [-0.1, -0.05) is 67.0 Å². The van der Waals surface area contributed by atoms with Gasteiger partial charge in [0.05, 0.1) is 0 Å². The minimum atomic E-state index is 1.01. The lowest BCUT2D eigenvalue weighted by Gasteiger charge is -1.70. The fourth-order valence-corrected chi connectivity index (χ4v) is 0. The zero-order valence-corrected chi connectivity index (χ0v) is 11.4. The summed E-state index contributed by atoms with van der Waals surface area (Å²) in [5.74, 6) is 1.01. The first-order valence-electron chi connectivity index (χ1n) is 4.97. The van der Waals surface area contributed by atoms with Gasteiger partial charge in [0.2, 0.25) is 0 Å². The van der Waals surface area contributed by atoms with Crippen molar-refractivity contribution in [3.8, 4) is 0 Å². The van der Waals surface area contributed by atoms with Gasteiger partial charge in [-0.25, -0.2) is 0 Å². The smallest absolute Gasteiger partial charge is 0.00480 e. The van der Waals surface area contributed by atoms with Crippen LogP contribution in [-0.4, -0.2) is 5.75 Å². The molecule has 0 aliphatic carbocycles. The van der Waals surface area contributed by atoms with Gasteiger partial charge >= 0.3 is 0 Å². The predicted molar refractivity (Wildman–Crippen MR) is 70.7 cm³/mol. The van der Waals surface area contributed by atoms with Crippen molar-refractivity contribution in [3.05, 3.63) is 12.8 Å². The van der Waals surface area contributed by atoms with Gasteiger partial charge in [-0.2, -0.15) is 0 Å². The third-order valence-electron chi connectivity index (χ3n) is 0.167. The maximum absolute atomic E-state index is 4.94. The van der Waals surface area contributed by atoms with E-state index in [2.05, 4.69) is 12.3 Å². The molecule has 0 atom stereocenters. The maximum atomic E-state index is 4.94. The minimum Gasteiger partial charge on any atom is -0.405 e. The van der Waals surface area contributed by atoms with Crippen molar-refractivity contribution in [2.75, 3.05) is 5.75 Å². The summed E-state index contributed by atoms with van der Waals surface area (Å²) in [7, 11) is 0. The predicted octanol–water partition coefficient (Wildman–Crippen LogP) is 3.78. The molecule has 0 rings (SSSR count). The average molecular weight is 210 g/mol. The Balaban J connectivity index is -0.0000000215. The van der Waals surface area contributed by atoms with Crippen molar-refractivity contribution >= 4 is 11.9 Å². The first-order chi connectivity index (χ1) is 6.33. The molecule has 0 radical (unpaired) electrons. The van der Waals surface area contributed by atoms with Crippen molar-refractivity contribution in [1.29, 1.82) is 0 Å². The molecule has 0 fully saturated rings.